The number of hydrogen-bond donors (Lipinski definition) is 2. The van der Waals surface area contributed by atoms with Crippen LogP contribution in [-0.4, -0.2) is 33.8 Å². The van der Waals surface area contributed by atoms with Crippen molar-refractivity contribution >= 4 is 17.5 Å². The number of carbonyl (C=O) groups excluding carboxylic acids is 1. The van der Waals surface area contributed by atoms with Gasteiger partial charge in [-0.2, -0.15) is 4.98 Å². The molecule has 1 unspecified atom stereocenters. The third-order valence-electron chi connectivity index (χ3n) is 3.11. The number of hydrogen-bond acceptors (Lipinski definition) is 5. The molecule has 1 amide bonds. The van der Waals surface area contributed by atoms with E-state index in [4.69, 9.17) is 21.2 Å². The minimum atomic E-state index is -0.104. The van der Waals surface area contributed by atoms with E-state index in [1.54, 1.807) is 24.3 Å². The van der Waals surface area contributed by atoms with Crippen LogP contribution in [0.2, 0.25) is 5.02 Å². The molecule has 0 spiro atoms. The van der Waals surface area contributed by atoms with E-state index in [1.165, 1.54) is 0 Å². The molecule has 2 aromatic rings. The van der Waals surface area contributed by atoms with Crippen molar-refractivity contribution in [3.05, 3.63) is 35.2 Å². The van der Waals surface area contributed by atoms with E-state index in [-0.39, 0.29) is 25.0 Å². The van der Waals surface area contributed by atoms with E-state index in [1.807, 2.05) is 6.92 Å². The molecule has 6 nitrogen and oxygen atoms in total. The number of amides is 1. The molecule has 0 radical (unpaired) electrons. The Morgan fingerprint density at radius 1 is 1.41 bits per heavy atom. The molecule has 22 heavy (non-hydrogen) atoms. The Morgan fingerprint density at radius 3 is 2.82 bits per heavy atom. The summed E-state index contributed by atoms with van der Waals surface area (Å²) in [7, 11) is 0. The van der Waals surface area contributed by atoms with Crippen LogP contribution in [0, 0.1) is 0 Å². The second-order valence-electron chi connectivity index (χ2n) is 5.00. The van der Waals surface area contributed by atoms with Gasteiger partial charge in [0.15, 0.2) is 0 Å². The van der Waals surface area contributed by atoms with Gasteiger partial charge < -0.3 is 14.9 Å². The average molecular weight is 324 g/mol. The Morgan fingerprint density at radius 2 is 2.14 bits per heavy atom. The smallest absolute Gasteiger partial charge is 0.227 e. The van der Waals surface area contributed by atoms with Gasteiger partial charge in [-0.15, -0.1) is 0 Å². The molecule has 0 saturated carbocycles. The SMILES string of the molecule is CC(CCO)NC(=O)CCc1nc(-c2ccc(Cl)cc2)no1. The topological polar surface area (TPSA) is 88.2 Å². The molecule has 0 bridgehead atoms. The standard InChI is InChI=1S/C15H18ClN3O3/c1-10(8-9-20)17-13(21)6-7-14-18-15(19-22-14)11-2-4-12(16)5-3-11/h2-5,10,20H,6-9H2,1H3,(H,17,21). The number of aliphatic hydroxyl groups excluding tert-OH is 1. The number of carbonyl (C=O) groups is 1. The fourth-order valence-electron chi connectivity index (χ4n) is 1.91. The van der Waals surface area contributed by atoms with Gasteiger partial charge in [-0.25, -0.2) is 0 Å². The molecule has 0 aliphatic rings. The first kappa shape index (κ1) is 16.5. The summed E-state index contributed by atoms with van der Waals surface area (Å²) < 4.78 is 5.14. The number of nitrogens with zero attached hydrogens (tertiary/aromatic N) is 2. The Labute approximate surface area is 133 Å². The largest absolute Gasteiger partial charge is 0.396 e. The van der Waals surface area contributed by atoms with Crippen molar-refractivity contribution in [1.29, 1.82) is 0 Å². The maximum Gasteiger partial charge on any atom is 0.227 e. The molecular weight excluding hydrogens is 306 g/mol. The number of aryl methyl sites for hydroxylation is 1. The third-order valence-corrected chi connectivity index (χ3v) is 3.36. The van der Waals surface area contributed by atoms with Gasteiger partial charge in [-0.1, -0.05) is 16.8 Å². The van der Waals surface area contributed by atoms with Gasteiger partial charge in [-0.3, -0.25) is 4.79 Å². The minimum Gasteiger partial charge on any atom is -0.396 e. The van der Waals surface area contributed by atoms with Crippen LogP contribution >= 0.6 is 11.6 Å². The molecule has 0 aliphatic heterocycles. The fourth-order valence-corrected chi connectivity index (χ4v) is 2.03. The van der Waals surface area contributed by atoms with Crippen LogP contribution < -0.4 is 5.32 Å². The Balaban J connectivity index is 1.87. The first-order chi connectivity index (χ1) is 10.6. The number of aromatic nitrogens is 2. The Hall–Kier alpha value is -1.92. The number of benzene rings is 1. The number of nitrogens with one attached hydrogen (secondary N) is 1. The summed E-state index contributed by atoms with van der Waals surface area (Å²) in [5.74, 6) is 0.780. The first-order valence-electron chi connectivity index (χ1n) is 7.07. The van der Waals surface area contributed by atoms with Crippen molar-refractivity contribution in [2.24, 2.45) is 0 Å². The van der Waals surface area contributed by atoms with Gasteiger partial charge in [0.1, 0.15) is 0 Å². The van der Waals surface area contributed by atoms with Crippen LogP contribution in [0.4, 0.5) is 0 Å². The van der Waals surface area contributed by atoms with E-state index < -0.39 is 0 Å². The minimum absolute atomic E-state index is 0.0511. The van der Waals surface area contributed by atoms with Crippen LogP contribution in [-0.2, 0) is 11.2 Å². The summed E-state index contributed by atoms with van der Waals surface area (Å²) >= 11 is 5.83. The summed E-state index contributed by atoms with van der Waals surface area (Å²) in [4.78, 5) is 16.0. The highest BCUT2D eigenvalue weighted by molar-refractivity contribution is 6.30. The van der Waals surface area contributed by atoms with Crippen molar-refractivity contribution in [2.45, 2.75) is 32.2 Å². The van der Waals surface area contributed by atoms with Crippen LogP contribution in [0.25, 0.3) is 11.4 Å². The normalized spacial score (nSPS) is 12.1. The lowest BCUT2D eigenvalue weighted by atomic mass is 10.2. The number of aliphatic hydroxyl groups is 1. The summed E-state index contributed by atoms with van der Waals surface area (Å²) in [6, 6.07) is 7.07. The van der Waals surface area contributed by atoms with Crippen LogP contribution in [0.5, 0.6) is 0 Å². The van der Waals surface area contributed by atoms with Crippen LogP contribution in [0.15, 0.2) is 28.8 Å². The van der Waals surface area contributed by atoms with E-state index in [0.717, 1.165) is 5.56 Å². The molecule has 1 aromatic heterocycles. The van der Waals surface area contributed by atoms with Crippen molar-refractivity contribution < 1.29 is 14.4 Å². The van der Waals surface area contributed by atoms with Crippen LogP contribution in [0.3, 0.4) is 0 Å². The lowest BCUT2D eigenvalue weighted by Gasteiger charge is -2.11. The molecule has 118 valence electrons. The summed E-state index contributed by atoms with van der Waals surface area (Å²) in [6.07, 6.45) is 1.17. The van der Waals surface area contributed by atoms with Crippen molar-refractivity contribution in [2.75, 3.05) is 6.61 Å². The van der Waals surface area contributed by atoms with Gasteiger partial charge >= 0.3 is 0 Å². The molecule has 1 atom stereocenters. The van der Waals surface area contributed by atoms with E-state index in [2.05, 4.69) is 15.5 Å². The molecule has 0 saturated heterocycles. The van der Waals surface area contributed by atoms with Gasteiger partial charge in [0.05, 0.1) is 0 Å². The lowest BCUT2D eigenvalue weighted by Crippen LogP contribution is -2.33. The molecule has 7 heteroatoms. The van der Waals surface area contributed by atoms with Crippen LogP contribution in [0.1, 0.15) is 25.7 Å². The molecule has 2 rings (SSSR count). The summed E-state index contributed by atoms with van der Waals surface area (Å²) in [5, 5.41) is 16.1. The fraction of sp³-hybridized carbons (Fsp3) is 0.400. The number of rotatable bonds is 7. The average Bonchev–Trinajstić information content (AvgIpc) is 2.95. The molecule has 2 N–H and O–H groups in total. The zero-order chi connectivity index (χ0) is 15.9. The van der Waals surface area contributed by atoms with Gasteiger partial charge in [-0.05, 0) is 37.6 Å². The summed E-state index contributed by atoms with van der Waals surface area (Å²) in [6.45, 7) is 1.90. The molecule has 0 aliphatic carbocycles. The predicted molar refractivity (Wildman–Crippen MR) is 82.4 cm³/mol. The predicted octanol–water partition coefficient (Wildman–Crippen LogP) is 2.21. The van der Waals surface area contributed by atoms with Gasteiger partial charge in [0.2, 0.25) is 17.6 Å². The maximum absolute atomic E-state index is 11.7. The zero-order valence-electron chi connectivity index (χ0n) is 12.3. The molecule has 0 fully saturated rings. The van der Waals surface area contributed by atoms with Crippen molar-refractivity contribution in [1.82, 2.24) is 15.5 Å². The third kappa shape index (κ3) is 4.82. The highest BCUT2D eigenvalue weighted by Crippen LogP contribution is 2.18. The van der Waals surface area contributed by atoms with E-state index in [9.17, 15) is 4.79 Å². The van der Waals surface area contributed by atoms with Gasteiger partial charge in [0, 0.05) is 36.1 Å². The van der Waals surface area contributed by atoms with Crippen molar-refractivity contribution in [3.63, 3.8) is 0 Å². The number of halogens is 1. The molecular formula is C15H18ClN3O3. The van der Waals surface area contributed by atoms with Gasteiger partial charge in [0.25, 0.3) is 0 Å². The second kappa shape index (κ2) is 7.91. The summed E-state index contributed by atoms with van der Waals surface area (Å²) in [5.41, 5.74) is 0.806. The van der Waals surface area contributed by atoms with E-state index >= 15 is 0 Å². The van der Waals surface area contributed by atoms with Crippen molar-refractivity contribution in [3.8, 4) is 11.4 Å². The first-order valence-corrected chi connectivity index (χ1v) is 7.45. The quantitative estimate of drug-likeness (QED) is 0.815. The molecule has 1 aromatic carbocycles. The monoisotopic (exact) mass is 323 g/mol. The highest BCUT2D eigenvalue weighted by atomic mass is 35.5. The lowest BCUT2D eigenvalue weighted by molar-refractivity contribution is -0.121. The zero-order valence-corrected chi connectivity index (χ0v) is 13.0. The molecule has 1 heterocycles. The highest BCUT2D eigenvalue weighted by Gasteiger charge is 2.12. The Bertz CT molecular complexity index is 613. The van der Waals surface area contributed by atoms with E-state index in [0.29, 0.717) is 29.6 Å². The Kier molecular flexibility index (Phi) is 5.91. The maximum atomic E-state index is 11.7. The second-order valence-corrected chi connectivity index (χ2v) is 5.44.